The Hall–Kier alpha value is -0.770. The van der Waals surface area contributed by atoms with Crippen LogP contribution in [-0.2, 0) is 11.2 Å². The summed E-state index contributed by atoms with van der Waals surface area (Å²) in [4.78, 5) is 0. The molecule has 1 aliphatic heterocycles. The van der Waals surface area contributed by atoms with Gasteiger partial charge in [-0.1, -0.05) is 17.7 Å². The van der Waals surface area contributed by atoms with Crippen LogP contribution in [-0.4, -0.2) is 32.4 Å². The highest BCUT2D eigenvalue weighted by atomic mass is 35.5. The maximum atomic E-state index is 6.27. The largest absolute Gasteiger partial charge is 0.492 e. The molecule has 2 aliphatic rings. The Bertz CT molecular complexity index is 428. The van der Waals surface area contributed by atoms with Crippen molar-refractivity contribution < 1.29 is 9.47 Å². The van der Waals surface area contributed by atoms with Gasteiger partial charge in [0, 0.05) is 13.1 Å². The van der Waals surface area contributed by atoms with E-state index in [9.17, 15) is 0 Å². The lowest BCUT2D eigenvalue weighted by molar-refractivity contribution is 0.0292. The normalized spacial score (nSPS) is 23.3. The van der Waals surface area contributed by atoms with Gasteiger partial charge in [0.15, 0.2) is 0 Å². The molecular weight excluding hydrogens is 262 g/mol. The molecule has 1 aliphatic carbocycles. The molecule has 3 nitrogen and oxygen atoms in total. The lowest BCUT2D eigenvalue weighted by Crippen LogP contribution is -2.39. The fourth-order valence-corrected chi connectivity index (χ4v) is 2.55. The van der Waals surface area contributed by atoms with Crippen LogP contribution in [0.1, 0.15) is 18.4 Å². The van der Waals surface area contributed by atoms with E-state index < -0.39 is 0 Å². The molecule has 3 rings (SSSR count). The second-order valence-corrected chi connectivity index (χ2v) is 5.83. The summed E-state index contributed by atoms with van der Waals surface area (Å²) in [6.45, 7) is 3.46. The first-order chi connectivity index (χ1) is 9.31. The summed E-state index contributed by atoms with van der Waals surface area (Å²) >= 11 is 6.27. The van der Waals surface area contributed by atoms with Crippen LogP contribution in [0.15, 0.2) is 18.2 Å². The molecule has 1 saturated heterocycles. The van der Waals surface area contributed by atoms with Crippen molar-refractivity contribution in [1.29, 1.82) is 0 Å². The summed E-state index contributed by atoms with van der Waals surface area (Å²) in [5.41, 5.74) is 1.21. The molecule has 2 fully saturated rings. The minimum absolute atomic E-state index is 0.253. The van der Waals surface area contributed by atoms with E-state index in [0.29, 0.717) is 5.02 Å². The Kier molecular flexibility index (Phi) is 4.26. The fourth-order valence-electron chi connectivity index (χ4n) is 2.29. The van der Waals surface area contributed by atoms with Gasteiger partial charge in [0.25, 0.3) is 0 Å². The van der Waals surface area contributed by atoms with E-state index in [-0.39, 0.29) is 6.10 Å². The van der Waals surface area contributed by atoms with E-state index in [1.165, 1.54) is 18.4 Å². The summed E-state index contributed by atoms with van der Waals surface area (Å²) in [6.07, 6.45) is 3.74. The van der Waals surface area contributed by atoms with E-state index in [1.807, 2.05) is 12.1 Å². The Labute approximate surface area is 119 Å². The molecule has 0 aromatic heterocycles. The van der Waals surface area contributed by atoms with Crippen LogP contribution >= 0.6 is 11.6 Å². The maximum Gasteiger partial charge on any atom is 0.137 e. The molecule has 1 heterocycles. The summed E-state index contributed by atoms with van der Waals surface area (Å²) in [5, 5.41) is 4.05. The van der Waals surface area contributed by atoms with Crippen LogP contribution < -0.4 is 10.1 Å². The molecule has 0 spiro atoms. The number of rotatable bonds is 5. The van der Waals surface area contributed by atoms with Crippen LogP contribution in [0.2, 0.25) is 5.02 Å². The van der Waals surface area contributed by atoms with Crippen LogP contribution in [0.5, 0.6) is 5.75 Å². The Morgan fingerprint density at radius 1 is 1.37 bits per heavy atom. The molecule has 1 aromatic carbocycles. The molecule has 1 N–H and O–H groups in total. The van der Waals surface area contributed by atoms with Crippen molar-refractivity contribution in [2.24, 2.45) is 5.92 Å². The minimum atomic E-state index is 0.253. The maximum absolute atomic E-state index is 6.27. The van der Waals surface area contributed by atoms with E-state index >= 15 is 0 Å². The molecule has 0 bridgehead atoms. The predicted octanol–water partition coefficient (Wildman–Crippen LogP) is 2.66. The number of hydrogen-bond donors (Lipinski definition) is 1. The van der Waals surface area contributed by atoms with E-state index in [2.05, 4.69) is 11.4 Å². The zero-order chi connectivity index (χ0) is 13.1. The van der Waals surface area contributed by atoms with Gasteiger partial charge >= 0.3 is 0 Å². The lowest BCUT2D eigenvalue weighted by atomic mass is 10.1. The molecule has 0 unspecified atom stereocenters. The van der Waals surface area contributed by atoms with E-state index in [0.717, 1.165) is 44.4 Å². The van der Waals surface area contributed by atoms with Crippen molar-refractivity contribution in [2.45, 2.75) is 25.4 Å². The van der Waals surface area contributed by atoms with Crippen molar-refractivity contribution >= 4 is 11.6 Å². The SMILES string of the molecule is Clc1cc(C[C@@H]2CNCCO2)ccc1OCC1CC1. The van der Waals surface area contributed by atoms with Crippen molar-refractivity contribution in [3.05, 3.63) is 28.8 Å². The topological polar surface area (TPSA) is 30.5 Å². The second-order valence-electron chi connectivity index (χ2n) is 5.42. The highest BCUT2D eigenvalue weighted by molar-refractivity contribution is 6.32. The average Bonchev–Trinajstić information content (AvgIpc) is 3.23. The van der Waals surface area contributed by atoms with Gasteiger partial charge in [0.05, 0.1) is 24.3 Å². The predicted molar refractivity (Wildman–Crippen MR) is 76.0 cm³/mol. The van der Waals surface area contributed by atoms with Crippen molar-refractivity contribution in [3.63, 3.8) is 0 Å². The highest BCUT2D eigenvalue weighted by Gasteiger charge is 2.22. The Morgan fingerprint density at radius 2 is 2.26 bits per heavy atom. The molecule has 19 heavy (non-hydrogen) atoms. The quantitative estimate of drug-likeness (QED) is 0.900. The lowest BCUT2D eigenvalue weighted by Gasteiger charge is -2.23. The summed E-state index contributed by atoms with van der Waals surface area (Å²) < 4.78 is 11.4. The third kappa shape index (κ3) is 3.85. The van der Waals surface area contributed by atoms with Gasteiger partial charge in [-0.05, 0) is 42.9 Å². The van der Waals surface area contributed by atoms with Gasteiger partial charge in [-0.2, -0.15) is 0 Å². The van der Waals surface area contributed by atoms with Crippen LogP contribution in [0.4, 0.5) is 0 Å². The molecule has 104 valence electrons. The van der Waals surface area contributed by atoms with Gasteiger partial charge in [-0.25, -0.2) is 0 Å². The molecular formula is C15H20ClNO2. The first-order valence-corrected chi connectivity index (χ1v) is 7.42. The van der Waals surface area contributed by atoms with Gasteiger partial charge in [0.1, 0.15) is 5.75 Å². The van der Waals surface area contributed by atoms with Crippen molar-refractivity contribution in [3.8, 4) is 5.75 Å². The molecule has 1 atom stereocenters. The molecule has 0 amide bonds. The van der Waals surface area contributed by atoms with Gasteiger partial charge in [0.2, 0.25) is 0 Å². The number of morpholine rings is 1. The third-order valence-electron chi connectivity index (χ3n) is 3.64. The fraction of sp³-hybridized carbons (Fsp3) is 0.600. The van der Waals surface area contributed by atoms with E-state index in [4.69, 9.17) is 21.1 Å². The number of benzene rings is 1. The Balaban J connectivity index is 1.57. The molecule has 1 aromatic rings. The number of ether oxygens (including phenoxy) is 2. The average molecular weight is 282 g/mol. The summed E-state index contributed by atoms with van der Waals surface area (Å²) in [6, 6.07) is 6.07. The number of nitrogens with one attached hydrogen (secondary N) is 1. The smallest absolute Gasteiger partial charge is 0.137 e. The summed E-state index contributed by atoms with van der Waals surface area (Å²) in [5.74, 6) is 1.55. The van der Waals surface area contributed by atoms with Crippen molar-refractivity contribution in [2.75, 3.05) is 26.3 Å². The first kappa shape index (κ1) is 13.2. The van der Waals surface area contributed by atoms with Gasteiger partial charge < -0.3 is 14.8 Å². The standard InChI is InChI=1S/C15H20ClNO2/c16-14-8-12(7-13-9-17-5-6-18-13)3-4-15(14)19-10-11-1-2-11/h3-4,8,11,13,17H,1-2,5-7,9-10H2/t13-/m1/s1. The number of halogens is 1. The van der Waals surface area contributed by atoms with Crippen LogP contribution in [0, 0.1) is 5.92 Å². The molecule has 1 saturated carbocycles. The van der Waals surface area contributed by atoms with Gasteiger partial charge in [-0.3, -0.25) is 0 Å². The first-order valence-electron chi connectivity index (χ1n) is 7.05. The zero-order valence-corrected chi connectivity index (χ0v) is 11.8. The minimum Gasteiger partial charge on any atom is -0.492 e. The highest BCUT2D eigenvalue weighted by Crippen LogP contribution is 2.32. The molecule has 0 radical (unpaired) electrons. The van der Waals surface area contributed by atoms with Crippen LogP contribution in [0.3, 0.4) is 0 Å². The van der Waals surface area contributed by atoms with Gasteiger partial charge in [-0.15, -0.1) is 0 Å². The van der Waals surface area contributed by atoms with Crippen LogP contribution in [0.25, 0.3) is 0 Å². The number of hydrogen-bond acceptors (Lipinski definition) is 3. The summed E-state index contributed by atoms with van der Waals surface area (Å²) in [7, 11) is 0. The Morgan fingerprint density at radius 3 is 2.95 bits per heavy atom. The molecule has 4 heteroatoms. The van der Waals surface area contributed by atoms with E-state index in [1.54, 1.807) is 0 Å². The monoisotopic (exact) mass is 281 g/mol. The third-order valence-corrected chi connectivity index (χ3v) is 3.93. The second kappa shape index (κ2) is 6.12. The van der Waals surface area contributed by atoms with Crippen molar-refractivity contribution in [1.82, 2.24) is 5.32 Å². The zero-order valence-electron chi connectivity index (χ0n) is 11.0.